The summed E-state index contributed by atoms with van der Waals surface area (Å²) < 4.78 is 5.57. The average molecular weight is 308 g/mol. The Bertz CT molecular complexity index is 787. The van der Waals surface area contributed by atoms with E-state index < -0.39 is 5.92 Å². The van der Waals surface area contributed by atoms with Crippen LogP contribution in [0.1, 0.15) is 29.5 Å². The molecule has 2 N–H and O–H groups in total. The molecule has 5 heteroatoms. The number of amides is 2. The van der Waals surface area contributed by atoms with Crippen LogP contribution in [0.15, 0.2) is 48.5 Å². The summed E-state index contributed by atoms with van der Waals surface area (Å²) in [6.07, 6.45) is 0.140. The molecule has 5 nitrogen and oxygen atoms in total. The number of ether oxygens (including phenoxy) is 1. The molecule has 116 valence electrons. The van der Waals surface area contributed by atoms with Crippen LogP contribution < -0.4 is 15.4 Å². The van der Waals surface area contributed by atoms with Crippen LogP contribution in [0.2, 0.25) is 0 Å². The number of hydrogen-bond acceptors (Lipinski definition) is 3. The molecule has 0 bridgehead atoms. The third-order valence-corrected chi connectivity index (χ3v) is 4.34. The fraction of sp³-hybridized carbons (Fsp3) is 0.222. The van der Waals surface area contributed by atoms with E-state index in [1.165, 1.54) is 0 Å². The van der Waals surface area contributed by atoms with Gasteiger partial charge >= 0.3 is 0 Å². The van der Waals surface area contributed by atoms with Crippen molar-refractivity contribution in [2.45, 2.75) is 18.4 Å². The normalized spacial score (nSPS) is 21.1. The van der Waals surface area contributed by atoms with Crippen LogP contribution in [-0.4, -0.2) is 18.4 Å². The predicted octanol–water partition coefficient (Wildman–Crippen LogP) is 2.36. The Morgan fingerprint density at radius 1 is 1.13 bits per heavy atom. The van der Waals surface area contributed by atoms with Crippen LogP contribution in [0.25, 0.3) is 0 Å². The van der Waals surface area contributed by atoms with Crippen LogP contribution in [0.5, 0.6) is 5.75 Å². The molecule has 0 fully saturated rings. The van der Waals surface area contributed by atoms with Crippen LogP contribution in [-0.2, 0) is 9.59 Å². The summed E-state index contributed by atoms with van der Waals surface area (Å²) in [6, 6.07) is 15.0. The van der Waals surface area contributed by atoms with Gasteiger partial charge in [-0.15, -0.1) is 0 Å². The summed E-state index contributed by atoms with van der Waals surface area (Å²) in [7, 11) is 0. The van der Waals surface area contributed by atoms with Crippen molar-refractivity contribution in [1.82, 2.24) is 5.32 Å². The van der Waals surface area contributed by atoms with E-state index >= 15 is 0 Å². The van der Waals surface area contributed by atoms with E-state index in [4.69, 9.17) is 4.74 Å². The summed E-state index contributed by atoms with van der Waals surface area (Å²) in [6.45, 7) is 0.429. The third kappa shape index (κ3) is 2.44. The van der Waals surface area contributed by atoms with Gasteiger partial charge in [-0.25, -0.2) is 0 Å². The van der Waals surface area contributed by atoms with Gasteiger partial charge in [-0.05, 0) is 17.7 Å². The lowest BCUT2D eigenvalue weighted by molar-refractivity contribution is -0.125. The average Bonchev–Trinajstić information content (AvgIpc) is 3.10. The molecule has 0 saturated heterocycles. The first-order valence-corrected chi connectivity index (χ1v) is 7.63. The molecule has 0 saturated carbocycles. The van der Waals surface area contributed by atoms with Crippen LogP contribution in [0.3, 0.4) is 0 Å². The molecule has 4 rings (SSSR count). The zero-order valence-corrected chi connectivity index (χ0v) is 12.4. The Kier molecular flexibility index (Phi) is 3.26. The molecule has 2 aliphatic heterocycles. The molecule has 0 aliphatic carbocycles. The minimum atomic E-state index is -0.427. The topological polar surface area (TPSA) is 67.4 Å². The fourth-order valence-electron chi connectivity index (χ4n) is 3.20. The van der Waals surface area contributed by atoms with Gasteiger partial charge in [-0.2, -0.15) is 0 Å². The van der Waals surface area contributed by atoms with Crippen molar-refractivity contribution < 1.29 is 14.3 Å². The molecule has 0 aromatic heterocycles. The van der Waals surface area contributed by atoms with Crippen molar-refractivity contribution in [1.29, 1.82) is 0 Å². The first-order valence-electron chi connectivity index (χ1n) is 7.63. The second kappa shape index (κ2) is 5.43. The third-order valence-electron chi connectivity index (χ3n) is 4.34. The van der Waals surface area contributed by atoms with Gasteiger partial charge in [-0.1, -0.05) is 36.4 Å². The maximum Gasteiger partial charge on any atom is 0.232 e. The second-order valence-electron chi connectivity index (χ2n) is 5.80. The highest BCUT2D eigenvalue weighted by molar-refractivity contribution is 6.04. The summed E-state index contributed by atoms with van der Waals surface area (Å²) >= 11 is 0. The van der Waals surface area contributed by atoms with Crippen molar-refractivity contribution in [2.75, 3.05) is 11.9 Å². The molecule has 2 amide bonds. The fourth-order valence-corrected chi connectivity index (χ4v) is 3.20. The molecule has 0 radical (unpaired) electrons. The zero-order chi connectivity index (χ0) is 15.8. The Morgan fingerprint density at radius 3 is 2.74 bits per heavy atom. The largest absolute Gasteiger partial charge is 0.491 e. The second-order valence-corrected chi connectivity index (χ2v) is 5.80. The molecule has 23 heavy (non-hydrogen) atoms. The van der Waals surface area contributed by atoms with Crippen LogP contribution in [0.4, 0.5) is 5.69 Å². The predicted molar refractivity (Wildman–Crippen MR) is 85.3 cm³/mol. The lowest BCUT2D eigenvalue weighted by Gasteiger charge is -2.14. The summed E-state index contributed by atoms with van der Waals surface area (Å²) in [5.74, 6) is 0.113. The summed E-state index contributed by atoms with van der Waals surface area (Å²) in [5, 5.41) is 5.79. The Morgan fingerprint density at radius 2 is 1.87 bits per heavy atom. The molecule has 0 spiro atoms. The van der Waals surface area contributed by atoms with Gasteiger partial charge in [0.15, 0.2) is 0 Å². The van der Waals surface area contributed by atoms with E-state index in [0.717, 1.165) is 22.6 Å². The Balaban J connectivity index is 1.46. The molecule has 2 aliphatic rings. The van der Waals surface area contributed by atoms with E-state index in [-0.39, 0.29) is 24.3 Å². The first-order chi connectivity index (χ1) is 11.2. The minimum Gasteiger partial charge on any atom is -0.491 e. The van der Waals surface area contributed by atoms with Crippen molar-refractivity contribution in [3.05, 3.63) is 59.7 Å². The minimum absolute atomic E-state index is 0.121. The molecular weight excluding hydrogens is 292 g/mol. The Labute approximate surface area is 133 Å². The van der Waals surface area contributed by atoms with Gasteiger partial charge in [0.1, 0.15) is 12.4 Å². The molecule has 2 aromatic carbocycles. The van der Waals surface area contributed by atoms with Gasteiger partial charge in [0.2, 0.25) is 11.8 Å². The summed E-state index contributed by atoms with van der Waals surface area (Å²) in [5.41, 5.74) is 2.66. The van der Waals surface area contributed by atoms with Crippen molar-refractivity contribution in [2.24, 2.45) is 0 Å². The van der Waals surface area contributed by atoms with Crippen molar-refractivity contribution >= 4 is 17.5 Å². The maximum absolute atomic E-state index is 12.4. The molecule has 2 unspecified atom stereocenters. The number of benzene rings is 2. The lowest BCUT2D eigenvalue weighted by Crippen LogP contribution is -2.31. The van der Waals surface area contributed by atoms with E-state index in [1.54, 1.807) is 0 Å². The SMILES string of the molecule is O=C(CC1C(=O)Nc2ccccc21)NC1COc2ccccc21. The van der Waals surface area contributed by atoms with Crippen molar-refractivity contribution in [3.8, 4) is 5.75 Å². The van der Waals surface area contributed by atoms with E-state index in [0.29, 0.717) is 6.61 Å². The standard InChI is InChI=1S/C18H16N2O3/c21-17(19-15-10-23-16-8-4-2-6-12(15)16)9-13-11-5-1-3-7-14(11)20-18(13)22/h1-8,13,15H,9-10H2,(H,19,21)(H,20,22). The van der Waals surface area contributed by atoms with E-state index in [9.17, 15) is 9.59 Å². The number of carbonyl (C=O) groups is 2. The molecule has 2 aromatic rings. The van der Waals surface area contributed by atoms with Gasteiger partial charge in [0, 0.05) is 17.7 Å². The van der Waals surface area contributed by atoms with Gasteiger partial charge < -0.3 is 15.4 Å². The highest BCUT2D eigenvalue weighted by Crippen LogP contribution is 2.35. The maximum atomic E-state index is 12.4. The number of para-hydroxylation sites is 2. The van der Waals surface area contributed by atoms with Crippen molar-refractivity contribution in [3.63, 3.8) is 0 Å². The van der Waals surface area contributed by atoms with Gasteiger partial charge in [0.05, 0.1) is 12.0 Å². The number of fused-ring (bicyclic) bond motifs is 2. The molecular formula is C18H16N2O3. The van der Waals surface area contributed by atoms with Gasteiger partial charge in [0.25, 0.3) is 0 Å². The number of rotatable bonds is 3. The first kappa shape index (κ1) is 13.8. The number of hydrogen-bond donors (Lipinski definition) is 2. The lowest BCUT2D eigenvalue weighted by atomic mass is 9.96. The Hall–Kier alpha value is -2.82. The highest BCUT2D eigenvalue weighted by atomic mass is 16.5. The molecule has 2 heterocycles. The van der Waals surface area contributed by atoms with Gasteiger partial charge in [-0.3, -0.25) is 9.59 Å². The zero-order valence-electron chi connectivity index (χ0n) is 12.4. The quantitative estimate of drug-likeness (QED) is 0.914. The van der Waals surface area contributed by atoms with E-state index in [2.05, 4.69) is 10.6 Å². The number of anilines is 1. The monoisotopic (exact) mass is 308 g/mol. The molecule has 2 atom stereocenters. The van der Waals surface area contributed by atoms with Crippen LogP contribution >= 0.6 is 0 Å². The highest BCUT2D eigenvalue weighted by Gasteiger charge is 2.33. The smallest absolute Gasteiger partial charge is 0.232 e. The number of nitrogens with one attached hydrogen (secondary N) is 2. The summed E-state index contributed by atoms with van der Waals surface area (Å²) in [4.78, 5) is 24.5. The number of carbonyl (C=O) groups excluding carboxylic acids is 2. The van der Waals surface area contributed by atoms with Crippen LogP contribution in [0, 0.1) is 0 Å². The van der Waals surface area contributed by atoms with E-state index in [1.807, 2.05) is 48.5 Å².